The molecule has 0 bridgehead atoms. The van der Waals surface area contributed by atoms with E-state index in [1.807, 2.05) is 43.0 Å². The van der Waals surface area contributed by atoms with Crippen LogP contribution in [0.4, 0.5) is 0 Å². The van der Waals surface area contributed by atoms with Gasteiger partial charge in [0.2, 0.25) is 0 Å². The molecule has 26 heavy (non-hydrogen) atoms. The van der Waals surface area contributed by atoms with Crippen LogP contribution in [0.1, 0.15) is 22.1 Å². The number of halogens is 3. The van der Waals surface area contributed by atoms with Crippen LogP contribution in [0.25, 0.3) is 0 Å². The molecule has 7 heteroatoms. The van der Waals surface area contributed by atoms with Gasteiger partial charge in [-0.15, -0.1) is 11.8 Å². The Bertz CT molecular complexity index is 821. The second-order valence-corrected chi connectivity index (χ2v) is 8.52. The van der Waals surface area contributed by atoms with E-state index >= 15 is 0 Å². The van der Waals surface area contributed by atoms with Gasteiger partial charge in [0.05, 0.1) is 10.0 Å². The van der Waals surface area contributed by atoms with E-state index in [0.29, 0.717) is 22.3 Å². The molecule has 1 unspecified atom stereocenters. The lowest BCUT2D eigenvalue weighted by molar-refractivity contribution is -0.133. The summed E-state index contributed by atoms with van der Waals surface area (Å²) in [6.45, 7) is 4.50. The minimum Gasteiger partial charge on any atom is -0.484 e. The fourth-order valence-electron chi connectivity index (χ4n) is 2.89. The predicted octanol–water partition coefficient (Wildman–Crippen LogP) is 5.92. The molecular formula is C19H18Cl3NO2S. The van der Waals surface area contributed by atoms with Crippen molar-refractivity contribution in [2.45, 2.75) is 19.2 Å². The van der Waals surface area contributed by atoms with Crippen LogP contribution >= 0.6 is 46.6 Å². The van der Waals surface area contributed by atoms with Crippen LogP contribution in [0.5, 0.6) is 5.75 Å². The molecular weight excluding hydrogens is 413 g/mol. The number of hydrogen-bond acceptors (Lipinski definition) is 3. The lowest BCUT2D eigenvalue weighted by atomic mass is 10.1. The second kappa shape index (κ2) is 8.30. The molecule has 0 N–H and O–H groups in total. The molecule has 1 aliphatic heterocycles. The van der Waals surface area contributed by atoms with Gasteiger partial charge in [0.15, 0.2) is 6.61 Å². The smallest absolute Gasteiger partial charge is 0.261 e. The zero-order valence-corrected chi connectivity index (χ0v) is 17.5. The van der Waals surface area contributed by atoms with E-state index < -0.39 is 0 Å². The second-order valence-electron chi connectivity index (χ2n) is 6.14. The Morgan fingerprint density at radius 3 is 2.50 bits per heavy atom. The third kappa shape index (κ3) is 4.25. The third-order valence-electron chi connectivity index (χ3n) is 4.21. The number of rotatable bonds is 4. The summed E-state index contributed by atoms with van der Waals surface area (Å²) in [7, 11) is 0. The molecule has 0 radical (unpaired) electrons. The number of thioether (sulfide) groups is 1. The first kappa shape index (κ1) is 19.7. The molecule has 3 nitrogen and oxygen atoms in total. The number of aryl methyl sites for hydroxylation is 2. The molecule has 1 atom stereocenters. The number of carbonyl (C=O) groups excluding carboxylic acids is 1. The van der Waals surface area contributed by atoms with Crippen LogP contribution in [0.2, 0.25) is 15.1 Å². The SMILES string of the molecule is Cc1cc(OCC(=O)N2CCSC2c2ccc(Cl)c(Cl)c2)cc(C)c1Cl. The van der Waals surface area contributed by atoms with Crippen molar-refractivity contribution in [3.63, 3.8) is 0 Å². The summed E-state index contributed by atoms with van der Waals surface area (Å²) < 4.78 is 5.72. The zero-order valence-electron chi connectivity index (χ0n) is 14.4. The van der Waals surface area contributed by atoms with Gasteiger partial charge in [0.1, 0.15) is 11.1 Å². The molecule has 2 aromatic carbocycles. The molecule has 1 fully saturated rings. The average molecular weight is 431 g/mol. The van der Waals surface area contributed by atoms with E-state index in [0.717, 1.165) is 27.5 Å². The van der Waals surface area contributed by atoms with E-state index in [1.54, 1.807) is 17.8 Å². The highest BCUT2D eigenvalue weighted by Gasteiger charge is 2.31. The molecule has 3 rings (SSSR count). The topological polar surface area (TPSA) is 29.5 Å². The van der Waals surface area contributed by atoms with E-state index in [1.165, 1.54) is 0 Å². The lowest BCUT2D eigenvalue weighted by Crippen LogP contribution is -2.34. The van der Waals surface area contributed by atoms with E-state index in [2.05, 4.69) is 0 Å². The first-order valence-corrected chi connectivity index (χ1v) is 10.3. The normalized spacial score (nSPS) is 16.8. The number of hydrogen-bond donors (Lipinski definition) is 0. The molecule has 0 aliphatic carbocycles. The van der Waals surface area contributed by atoms with Crippen molar-refractivity contribution in [2.75, 3.05) is 18.9 Å². The summed E-state index contributed by atoms with van der Waals surface area (Å²) >= 11 is 20.0. The van der Waals surface area contributed by atoms with Crippen molar-refractivity contribution in [3.8, 4) is 5.75 Å². The lowest BCUT2D eigenvalue weighted by Gasteiger charge is -2.24. The molecule has 0 saturated carbocycles. The molecule has 2 aromatic rings. The molecule has 0 spiro atoms. The van der Waals surface area contributed by atoms with Crippen LogP contribution in [-0.4, -0.2) is 29.7 Å². The maximum absolute atomic E-state index is 12.7. The van der Waals surface area contributed by atoms with Gasteiger partial charge in [-0.2, -0.15) is 0 Å². The largest absolute Gasteiger partial charge is 0.484 e. The van der Waals surface area contributed by atoms with Gasteiger partial charge in [-0.1, -0.05) is 40.9 Å². The summed E-state index contributed by atoms with van der Waals surface area (Å²) in [4.78, 5) is 14.5. The molecule has 0 aromatic heterocycles. The Morgan fingerprint density at radius 1 is 1.15 bits per heavy atom. The molecule has 1 aliphatic rings. The Balaban J connectivity index is 1.69. The highest BCUT2D eigenvalue weighted by Crippen LogP contribution is 2.39. The van der Waals surface area contributed by atoms with Crippen molar-refractivity contribution in [2.24, 2.45) is 0 Å². The van der Waals surface area contributed by atoms with Crippen LogP contribution in [0, 0.1) is 13.8 Å². The van der Waals surface area contributed by atoms with Gasteiger partial charge in [-0.25, -0.2) is 0 Å². The molecule has 1 amide bonds. The van der Waals surface area contributed by atoms with Gasteiger partial charge in [-0.3, -0.25) is 4.79 Å². The Morgan fingerprint density at radius 2 is 1.85 bits per heavy atom. The Hall–Kier alpha value is -1.07. The van der Waals surface area contributed by atoms with Gasteiger partial charge in [-0.05, 0) is 54.8 Å². The molecule has 138 valence electrons. The third-order valence-corrected chi connectivity index (χ3v) is 6.81. The van der Waals surface area contributed by atoms with Crippen molar-refractivity contribution in [1.82, 2.24) is 4.90 Å². The maximum Gasteiger partial charge on any atom is 0.261 e. The fraction of sp³-hybridized carbons (Fsp3) is 0.316. The Labute approximate surface area is 172 Å². The van der Waals surface area contributed by atoms with Gasteiger partial charge in [0.25, 0.3) is 5.91 Å². The standard InChI is InChI=1S/C19H18Cl3NO2S/c1-11-7-14(8-12(2)18(11)22)25-10-17(24)23-5-6-26-19(23)13-3-4-15(20)16(21)9-13/h3-4,7-9,19H,5-6,10H2,1-2H3. The summed E-state index contributed by atoms with van der Waals surface area (Å²) in [6.07, 6.45) is 0. The van der Waals surface area contributed by atoms with Crippen LogP contribution in [0.15, 0.2) is 30.3 Å². The minimum absolute atomic E-state index is 0.0150. The zero-order chi connectivity index (χ0) is 18.8. The van der Waals surface area contributed by atoms with Gasteiger partial charge >= 0.3 is 0 Å². The summed E-state index contributed by atoms with van der Waals surface area (Å²) in [6, 6.07) is 9.18. The number of nitrogens with zero attached hydrogens (tertiary/aromatic N) is 1. The highest BCUT2D eigenvalue weighted by molar-refractivity contribution is 7.99. The molecule has 1 heterocycles. The summed E-state index contributed by atoms with van der Waals surface area (Å²) in [5, 5.41) is 1.65. The van der Waals surface area contributed by atoms with Crippen LogP contribution in [0.3, 0.4) is 0 Å². The van der Waals surface area contributed by atoms with Gasteiger partial charge < -0.3 is 9.64 Å². The van der Waals surface area contributed by atoms with E-state index in [4.69, 9.17) is 39.5 Å². The van der Waals surface area contributed by atoms with Crippen LogP contribution < -0.4 is 4.74 Å². The minimum atomic E-state index is -0.0745. The number of benzene rings is 2. The monoisotopic (exact) mass is 429 g/mol. The van der Waals surface area contributed by atoms with Crippen LogP contribution in [-0.2, 0) is 4.79 Å². The summed E-state index contributed by atoms with van der Waals surface area (Å²) in [5.74, 6) is 1.46. The number of amides is 1. The fourth-order valence-corrected chi connectivity index (χ4v) is 4.57. The first-order chi connectivity index (χ1) is 12.4. The van der Waals surface area contributed by atoms with E-state index in [-0.39, 0.29) is 17.9 Å². The average Bonchev–Trinajstić information content (AvgIpc) is 3.09. The van der Waals surface area contributed by atoms with E-state index in [9.17, 15) is 4.79 Å². The number of ether oxygens (including phenoxy) is 1. The number of carbonyl (C=O) groups is 1. The van der Waals surface area contributed by atoms with Gasteiger partial charge in [0, 0.05) is 17.3 Å². The van der Waals surface area contributed by atoms with Crippen molar-refractivity contribution in [1.29, 1.82) is 0 Å². The first-order valence-electron chi connectivity index (χ1n) is 8.12. The summed E-state index contributed by atoms with van der Waals surface area (Å²) in [5.41, 5.74) is 2.83. The quantitative estimate of drug-likeness (QED) is 0.603. The maximum atomic E-state index is 12.7. The van der Waals surface area contributed by atoms with Crippen molar-refractivity contribution < 1.29 is 9.53 Å². The Kier molecular flexibility index (Phi) is 6.29. The molecule has 1 saturated heterocycles. The predicted molar refractivity (Wildman–Crippen MR) is 110 cm³/mol. The van der Waals surface area contributed by atoms with Crippen molar-refractivity contribution in [3.05, 3.63) is 62.1 Å². The van der Waals surface area contributed by atoms with Crippen molar-refractivity contribution >= 4 is 52.5 Å². The highest BCUT2D eigenvalue weighted by atomic mass is 35.5.